The van der Waals surface area contributed by atoms with Gasteiger partial charge in [-0.3, -0.25) is 10.1 Å². The summed E-state index contributed by atoms with van der Waals surface area (Å²) in [6, 6.07) is 10.7. The van der Waals surface area contributed by atoms with Gasteiger partial charge in [-0.1, -0.05) is 5.10 Å². The Morgan fingerprint density at radius 3 is 2.13 bits per heavy atom. The van der Waals surface area contributed by atoms with Crippen LogP contribution in [0.3, 0.4) is 0 Å². The van der Waals surface area contributed by atoms with E-state index >= 15 is 0 Å². The summed E-state index contributed by atoms with van der Waals surface area (Å²) in [5.74, 6) is 1.44. The van der Waals surface area contributed by atoms with E-state index in [4.69, 9.17) is 18.6 Å². The number of hydrogen-bond acceptors (Lipinski definition) is 8. The van der Waals surface area contributed by atoms with Crippen LogP contribution in [0, 0.1) is 0 Å². The number of rotatable bonds is 10. The van der Waals surface area contributed by atoms with Crippen LogP contribution in [-0.2, 0) is 0 Å². The zero-order chi connectivity index (χ0) is 22.2. The number of anilines is 1. The van der Waals surface area contributed by atoms with Crippen LogP contribution >= 0.6 is 11.8 Å². The third-order valence-electron chi connectivity index (χ3n) is 4.15. The van der Waals surface area contributed by atoms with E-state index in [9.17, 15) is 4.79 Å². The van der Waals surface area contributed by atoms with E-state index in [-0.39, 0.29) is 17.8 Å². The number of nitrogens with zero attached hydrogens (tertiary/aromatic N) is 2. The first-order chi connectivity index (χ1) is 15.1. The SMILES string of the molecule is CCOc1cc(-c2nnc(NC(=O)c3ccc(SC)cc3)o2)cc(OCC)c1OCC. The number of aromatic nitrogens is 2. The van der Waals surface area contributed by atoms with Gasteiger partial charge in [0.2, 0.25) is 11.6 Å². The molecule has 0 radical (unpaired) electrons. The Bertz CT molecular complexity index is 993. The molecule has 8 nitrogen and oxygen atoms in total. The third kappa shape index (κ3) is 5.49. The van der Waals surface area contributed by atoms with E-state index in [0.717, 1.165) is 4.90 Å². The van der Waals surface area contributed by atoms with E-state index in [1.54, 1.807) is 36.0 Å². The Hall–Kier alpha value is -3.20. The standard InChI is InChI=1S/C22H25N3O5S/c1-5-27-17-12-15(13-18(28-6-2)19(17)29-7-3)21-24-25-22(30-21)23-20(26)14-8-10-16(31-4)11-9-14/h8-13H,5-7H2,1-4H3,(H,23,25,26). The van der Waals surface area contributed by atoms with Crippen LogP contribution in [0.25, 0.3) is 11.5 Å². The van der Waals surface area contributed by atoms with Gasteiger partial charge in [0.15, 0.2) is 11.5 Å². The summed E-state index contributed by atoms with van der Waals surface area (Å²) in [5, 5.41) is 10.6. The highest BCUT2D eigenvalue weighted by Gasteiger charge is 2.19. The van der Waals surface area contributed by atoms with Crippen LogP contribution in [-0.4, -0.2) is 42.2 Å². The van der Waals surface area contributed by atoms with Crippen molar-refractivity contribution in [2.45, 2.75) is 25.7 Å². The van der Waals surface area contributed by atoms with Gasteiger partial charge in [0.05, 0.1) is 19.8 Å². The van der Waals surface area contributed by atoms with E-state index in [1.165, 1.54) is 0 Å². The molecule has 0 aliphatic rings. The highest BCUT2D eigenvalue weighted by Crippen LogP contribution is 2.41. The Morgan fingerprint density at radius 1 is 0.968 bits per heavy atom. The highest BCUT2D eigenvalue weighted by molar-refractivity contribution is 7.98. The maximum Gasteiger partial charge on any atom is 0.322 e. The molecule has 3 aromatic rings. The first-order valence-electron chi connectivity index (χ1n) is 9.95. The molecule has 1 N–H and O–H groups in total. The highest BCUT2D eigenvalue weighted by atomic mass is 32.2. The van der Waals surface area contributed by atoms with E-state index in [1.807, 2.05) is 39.2 Å². The maximum atomic E-state index is 12.5. The molecule has 3 rings (SSSR count). The van der Waals surface area contributed by atoms with Crippen molar-refractivity contribution >= 4 is 23.7 Å². The Labute approximate surface area is 185 Å². The topological polar surface area (TPSA) is 95.7 Å². The van der Waals surface area contributed by atoms with Gasteiger partial charge in [-0.15, -0.1) is 16.9 Å². The molecule has 0 unspecified atom stereocenters. The average molecular weight is 444 g/mol. The fourth-order valence-corrected chi connectivity index (χ4v) is 3.22. The fourth-order valence-electron chi connectivity index (χ4n) is 2.81. The molecule has 0 fully saturated rings. The van der Waals surface area contributed by atoms with E-state index in [0.29, 0.717) is 48.2 Å². The zero-order valence-corrected chi connectivity index (χ0v) is 18.7. The summed E-state index contributed by atoms with van der Waals surface area (Å²) < 4.78 is 22.8. The van der Waals surface area contributed by atoms with Crippen LogP contribution in [0.4, 0.5) is 6.01 Å². The summed E-state index contributed by atoms with van der Waals surface area (Å²) in [5.41, 5.74) is 1.09. The van der Waals surface area contributed by atoms with E-state index in [2.05, 4.69) is 15.5 Å². The molecule has 0 bridgehead atoms. The van der Waals surface area contributed by atoms with Gasteiger partial charge >= 0.3 is 6.01 Å². The molecule has 2 aromatic carbocycles. The minimum atomic E-state index is -0.334. The van der Waals surface area contributed by atoms with Crippen molar-refractivity contribution in [3.63, 3.8) is 0 Å². The molecule has 9 heteroatoms. The van der Waals surface area contributed by atoms with Gasteiger partial charge in [0.25, 0.3) is 5.91 Å². The van der Waals surface area contributed by atoms with Gasteiger partial charge in [-0.05, 0) is 63.4 Å². The minimum Gasteiger partial charge on any atom is -0.490 e. The molecule has 0 spiro atoms. The maximum absolute atomic E-state index is 12.5. The molecule has 1 aromatic heterocycles. The zero-order valence-electron chi connectivity index (χ0n) is 17.9. The summed E-state index contributed by atoms with van der Waals surface area (Å²) in [6.07, 6.45) is 1.98. The fraction of sp³-hybridized carbons (Fsp3) is 0.318. The number of carbonyl (C=O) groups is 1. The summed E-state index contributed by atoms with van der Waals surface area (Å²) >= 11 is 1.61. The lowest BCUT2D eigenvalue weighted by Crippen LogP contribution is -2.11. The van der Waals surface area contributed by atoms with Gasteiger partial charge in [0, 0.05) is 16.0 Å². The molecular weight excluding hydrogens is 418 g/mol. The monoisotopic (exact) mass is 443 g/mol. The number of benzene rings is 2. The molecular formula is C22H25N3O5S. The number of nitrogens with one attached hydrogen (secondary N) is 1. The van der Waals surface area contributed by atoms with Crippen molar-refractivity contribution in [3.05, 3.63) is 42.0 Å². The van der Waals surface area contributed by atoms with Crippen LogP contribution in [0.2, 0.25) is 0 Å². The molecule has 31 heavy (non-hydrogen) atoms. The largest absolute Gasteiger partial charge is 0.490 e. The second-order valence-electron chi connectivity index (χ2n) is 6.20. The average Bonchev–Trinajstić information content (AvgIpc) is 3.24. The normalized spacial score (nSPS) is 10.6. The first-order valence-corrected chi connectivity index (χ1v) is 11.2. The predicted molar refractivity (Wildman–Crippen MR) is 119 cm³/mol. The Balaban J connectivity index is 1.85. The second-order valence-corrected chi connectivity index (χ2v) is 7.08. The van der Waals surface area contributed by atoms with Crippen molar-refractivity contribution in [1.29, 1.82) is 0 Å². The molecule has 164 valence electrons. The third-order valence-corrected chi connectivity index (χ3v) is 4.90. The smallest absolute Gasteiger partial charge is 0.322 e. The number of ether oxygens (including phenoxy) is 3. The molecule has 1 amide bonds. The van der Waals surface area contributed by atoms with Crippen molar-refractivity contribution in [3.8, 4) is 28.7 Å². The molecule has 0 saturated heterocycles. The van der Waals surface area contributed by atoms with Crippen molar-refractivity contribution in [1.82, 2.24) is 10.2 Å². The molecule has 1 heterocycles. The minimum absolute atomic E-state index is 0.00116. The quantitative estimate of drug-likeness (QED) is 0.442. The number of thioether (sulfide) groups is 1. The van der Waals surface area contributed by atoms with Crippen molar-refractivity contribution < 1.29 is 23.4 Å². The molecule has 0 aliphatic heterocycles. The van der Waals surface area contributed by atoms with Crippen LogP contribution in [0.5, 0.6) is 17.2 Å². The van der Waals surface area contributed by atoms with Crippen LogP contribution in [0.1, 0.15) is 31.1 Å². The molecule has 0 atom stereocenters. The Kier molecular flexibility index (Phi) is 7.77. The number of carbonyl (C=O) groups excluding carboxylic acids is 1. The number of amides is 1. The van der Waals surface area contributed by atoms with Gasteiger partial charge in [-0.2, -0.15) is 0 Å². The molecule has 0 saturated carbocycles. The van der Waals surface area contributed by atoms with Gasteiger partial charge in [0.1, 0.15) is 0 Å². The lowest BCUT2D eigenvalue weighted by Gasteiger charge is -2.16. The number of hydrogen-bond donors (Lipinski definition) is 1. The summed E-state index contributed by atoms with van der Waals surface area (Å²) in [6.45, 7) is 7.03. The lowest BCUT2D eigenvalue weighted by molar-refractivity contribution is 0.102. The van der Waals surface area contributed by atoms with Crippen molar-refractivity contribution in [2.75, 3.05) is 31.4 Å². The van der Waals surface area contributed by atoms with Crippen molar-refractivity contribution in [2.24, 2.45) is 0 Å². The van der Waals surface area contributed by atoms with Gasteiger partial charge in [-0.25, -0.2) is 0 Å². The predicted octanol–water partition coefficient (Wildman–Crippen LogP) is 4.91. The summed E-state index contributed by atoms with van der Waals surface area (Å²) in [4.78, 5) is 13.5. The van der Waals surface area contributed by atoms with E-state index < -0.39 is 0 Å². The lowest BCUT2D eigenvalue weighted by atomic mass is 10.2. The Morgan fingerprint density at radius 2 is 1.58 bits per heavy atom. The summed E-state index contributed by atoms with van der Waals surface area (Å²) in [7, 11) is 0. The first kappa shape index (κ1) is 22.5. The second kappa shape index (κ2) is 10.7. The van der Waals surface area contributed by atoms with Crippen LogP contribution < -0.4 is 19.5 Å². The van der Waals surface area contributed by atoms with Crippen LogP contribution in [0.15, 0.2) is 45.7 Å². The molecule has 0 aliphatic carbocycles. The van der Waals surface area contributed by atoms with Gasteiger partial charge < -0.3 is 18.6 Å².